The minimum absolute atomic E-state index is 0.0962. The van der Waals surface area contributed by atoms with Gasteiger partial charge in [0.05, 0.1) is 5.56 Å². The molecule has 94 valence electrons. The molecule has 0 spiro atoms. The van der Waals surface area contributed by atoms with Gasteiger partial charge in [-0.1, -0.05) is 18.5 Å². The minimum Gasteiger partial charge on any atom is -0.384 e. The Hall–Kier alpha value is -1.22. The molecule has 0 aliphatic carbocycles. The van der Waals surface area contributed by atoms with Gasteiger partial charge in [0, 0.05) is 23.3 Å². The molecule has 0 unspecified atom stereocenters. The summed E-state index contributed by atoms with van der Waals surface area (Å²) in [4.78, 5) is 12.0. The van der Waals surface area contributed by atoms with E-state index in [1.165, 1.54) is 0 Å². The molecule has 1 rings (SSSR count). The largest absolute Gasteiger partial charge is 0.384 e. The second-order valence-electron chi connectivity index (χ2n) is 4.24. The maximum Gasteiger partial charge on any atom is 0.253 e. The van der Waals surface area contributed by atoms with Crippen LogP contribution in [0.2, 0.25) is 5.02 Å². The molecule has 0 saturated carbocycles. The monoisotopic (exact) mass is 254 g/mol. The maximum atomic E-state index is 12.0. The molecule has 0 aromatic heterocycles. The van der Waals surface area contributed by atoms with E-state index in [4.69, 9.17) is 11.6 Å². The number of halogens is 1. The van der Waals surface area contributed by atoms with Gasteiger partial charge in [0.15, 0.2) is 0 Å². The standard InChI is InChI=1S/C13H19ClN2O/c1-4-7-15-12-6-5-10(14)8-11(12)13(17)16-9(2)3/h5-6,8-9,15H,4,7H2,1-3H3,(H,16,17). The highest BCUT2D eigenvalue weighted by atomic mass is 35.5. The number of anilines is 1. The van der Waals surface area contributed by atoms with E-state index in [-0.39, 0.29) is 11.9 Å². The van der Waals surface area contributed by atoms with Crippen LogP contribution in [0.25, 0.3) is 0 Å². The summed E-state index contributed by atoms with van der Waals surface area (Å²) in [5.74, 6) is -0.0962. The molecular formula is C13H19ClN2O. The first-order valence-corrected chi connectivity index (χ1v) is 6.26. The van der Waals surface area contributed by atoms with Crippen LogP contribution >= 0.6 is 11.6 Å². The summed E-state index contributed by atoms with van der Waals surface area (Å²) in [5, 5.41) is 6.66. The number of hydrogen-bond acceptors (Lipinski definition) is 2. The molecule has 0 atom stereocenters. The van der Waals surface area contributed by atoms with E-state index in [0.29, 0.717) is 10.6 Å². The number of amides is 1. The normalized spacial score (nSPS) is 10.4. The van der Waals surface area contributed by atoms with Crippen LogP contribution in [0.3, 0.4) is 0 Å². The predicted octanol–water partition coefficient (Wildman–Crippen LogP) is 3.30. The van der Waals surface area contributed by atoms with Crippen molar-refractivity contribution in [1.82, 2.24) is 5.32 Å². The zero-order chi connectivity index (χ0) is 12.8. The van der Waals surface area contributed by atoms with Gasteiger partial charge in [-0.25, -0.2) is 0 Å². The third-order valence-corrected chi connectivity index (χ3v) is 2.45. The Morgan fingerprint density at radius 3 is 2.71 bits per heavy atom. The predicted molar refractivity (Wildman–Crippen MR) is 72.8 cm³/mol. The van der Waals surface area contributed by atoms with Crippen LogP contribution in [0.15, 0.2) is 18.2 Å². The molecule has 0 aliphatic rings. The molecule has 1 aromatic rings. The molecule has 0 fully saturated rings. The Morgan fingerprint density at radius 2 is 2.12 bits per heavy atom. The summed E-state index contributed by atoms with van der Waals surface area (Å²) in [5.41, 5.74) is 1.43. The maximum absolute atomic E-state index is 12.0. The first-order valence-electron chi connectivity index (χ1n) is 5.89. The highest BCUT2D eigenvalue weighted by molar-refractivity contribution is 6.31. The lowest BCUT2D eigenvalue weighted by atomic mass is 10.1. The van der Waals surface area contributed by atoms with Crippen LogP contribution in [0.1, 0.15) is 37.6 Å². The molecule has 0 aliphatic heterocycles. The Balaban J connectivity index is 2.93. The fraction of sp³-hybridized carbons (Fsp3) is 0.462. The number of nitrogens with one attached hydrogen (secondary N) is 2. The minimum atomic E-state index is -0.0962. The summed E-state index contributed by atoms with van der Waals surface area (Å²) in [6, 6.07) is 5.43. The van der Waals surface area contributed by atoms with Crippen molar-refractivity contribution < 1.29 is 4.79 Å². The van der Waals surface area contributed by atoms with E-state index < -0.39 is 0 Å². The van der Waals surface area contributed by atoms with Gasteiger partial charge in [-0.3, -0.25) is 4.79 Å². The van der Waals surface area contributed by atoms with E-state index in [1.54, 1.807) is 12.1 Å². The first kappa shape index (κ1) is 13.8. The lowest BCUT2D eigenvalue weighted by molar-refractivity contribution is 0.0944. The van der Waals surface area contributed by atoms with Crippen LogP contribution in [0, 0.1) is 0 Å². The number of carbonyl (C=O) groups excluding carboxylic acids is 1. The van der Waals surface area contributed by atoms with Gasteiger partial charge >= 0.3 is 0 Å². The summed E-state index contributed by atoms with van der Waals surface area (Å²) in [7, 11) is 0. The molecule has 4 heteroatoms. The van der Waals surface area contributed by atoms with Crippen molar-refractivity contribution in [3.05, 3.63) is 28.8 Å². The van der Waals surface area contributed by atoms with E-state index in [2.05, 4.69) is 17.6 Å². The van der Waals surface area contributed by atoms with Crippen LogP contribution < -0.4 is 10.6 Å². The second kappa shape index (κ2) is 6.50. The van der Waals surface area contributed by atoms with Gasteiger partial charge < -0.3 is 10.6 Å². The summed E-state index contributed by atoms with van der Waals surface area (Å²) >= 11 is 5.92. The highest BCUT2D eigenvalue weighted by Crippen LogP contribution is 2.20. The Kier molecular flexibility index (Phi) is 5.29. The third-order valence-electron chi connectivity index (χ3n) is 2.21. The van der Waals surface area contributed by atoms with E-state index in [1.807, 2.05) is 19.9 Å². The average Bonchev–Trinajstić information content (AvgIpc) is 2.26. The topological polar surface area (TPSA) is 41.1 Å². The van der Waals surface area contributed by atoms with Crippen LogP contribution in [-0.2, 0) is 0 Å². The lowest BCUT2D eigenvalue weighted by Crippen LogP contribution is -2.30. The SMILES string of the molecule is CCCNc1ccc(Cl)cc1C(=O)NC(C)C. The first-order chi connectivity index (χ1) is 8.04. The third kappa shape index (κ3) is 4.27. The number of rotatable bonds is 5. The van der Waals surface area contributed by atoms with Crippen molar-refractivity contribution in [1.29, 1.82) is 0 Å². The van der Waals surface area contributed by atoms with Crippen molar-refractivity contribution in [2.24, 2.45) is 0 Å². The number of benzene rings is 1. The highest BCUT2D eigenvalue weighted by Gasteiger charge is 2.12. The Morgan fingerprint density at radius 1 is 1.41 bits per heavy atom. The number of carbonyl (C=O) groups is 1. The van der Waals surface area contributed by atoms with Gasteiger partial charge in [0.25, 0.3) is 5.91 Å². The zero-order valence-electron chi connectivity index (χ0n) is 10.5. The fourth-order valence-electron chi connectivity index (χ4n) is 1.46. The lowest BCUT2D eigenvalue weighted by Gasteiger charge is -2.13. The fourth-order valence-corrected chi connectivity index (χ4v) is 1.63. The summed E-state index contributed by atoms with van der Waals surface area (Å²) in [6.45, 7) is 6.78. The zero-order valence-corrected chi connectivity index (χ0v) is 11.3. The molecule has 2 N–H and O–H groups in total. The van der Waals surface area contributed by atoms with Crippen molar-refractivity contribution in [2.75, 3.05) is 11.9 Å². The van der Waals surface area contributed by atoms with Gasteiger partial charge in [-0.15, -0.1) is 0 Å². The van der Waals surface area contributed by atoms with Gasteiger partial charge in [-0.05, 0) is 38.5 Å². The molecule has 0 heterocycles. The molecule has 1 amide bonds. The van der Waals surface area contributed by atoms with E-state index in [9.17, 15) is 4.79 Å². The molecule has 0 bridgehead atoms. The average molecular weight is 255 g/mol. The van der Waals surface area contributed by atoms with Gasteiger partial charge in [0.1, 0.15) is 0 Å². The van der Waals surface area contributed by atoms with E-state index in [0.717, 1.165) is 18.7 Å². The molecule has 17 heavy (non-hydrogen) atoms. The van der Waals surface area contributed by atoms with Crippen LogP contribution in [-0.4, -0.2) is 18.5 Å². The summed E-state index contributed by atoms with van der Waals surface area (Å²) < 4.78 is 0. The Bertz CT molecular complexity index is 391. The smallest absolute Gasteiger partial charge is 0.253 e. The van der Waals surface area contributed by atoms with Gasteiger partial charge in [0.2, 0.25) is 0 Å². The quantitative estimate of drug-likeness (QED) is 0.847. The molecule has 3 nitrogen and oxygen atoms in total. The van der Waals surface area contributed by atoms with Crippen molar-refractivity contribution in [2.45, 2.75) is 33.2 Å². The van der Waals surface area contributed by atoms with Crippen molar-refractivity contribution in [3.63, 3.8) is 0 Å². The molecule has 0 radical (unpaired) electrons. The molecule has 0 saturated heterocycles. The van der Waals surface area contributed by atoms with Crippen molar-refractivity contribution in [3.8, 4) is 0 Å². The molecule has 1 aromatic carbocycles. The number of hydrogen-bond donors (Lipinski definition) is 2. The van der Waals surface area contributed by atoms with Crippen molar-refractivity contribution >= 4 is 23.2 Å². The molecular weight excluding hydrogens is 236 g/mol. The van der Waals surface area contributed by atoms with Crippen LogP contribution in [0.5, 0.6) is 0 Å². The Labute approximate surface area is 108 Å². The second-order valence-corrected chi connectivity index (χ2v) is 4.68. The van der Waals surface area contributed by atoms with Gasteiger partial charge in [-0.2, -0.15) is 0 Å². The summed E-state index contributed by atoms with van der Waals surface area (Å²) in [6.07, 6.45) is 1.01. The van der Waals surface area contributed by atoms with Crippen LogP contribution in [0.4, 0.5) is 5.69 Å². The van der Waals surface area contributed by atoms with E-state index >= 15 is 0 Å².